The number of aryl methyl sites for hydroxylation is 2. The summed E-state index contributed by atoms with van der Waals surface area (Å²) in [7, 11) is 1.64. The molecule has 1 amide bonds. The minimum absolute atomic E-state index is 0.000172. The Morgan fingerprint density at radius 2 is 2.17 bits per heavy atom. The zero-order valence-electron chi connectivity index (χ0n) is 16.9. The van der Waals surface area contributed by atoms with E-state index in [1.54, 1.807) is 32.2 Å². The van der Waals surface area contributed by atoms with Crippen LogP contribution in [0, 0.1) is 12.7 Å². The lowest BCUT2D eigenvalue weighted by molar-refractivity contribution is 0.0125. The summed E-state index contributed by atoms with van der Waals surface area (Å²) in [6.07, 6.45) is 2.21. The maximum atomic E-state index is 13.8. The topological polar surface area (TPSA) is 98.8 Å². The molecule has 1 saturated heterocycles. The summed E-state index contributed by atoms with van der Waals surface area (Å²) in [4.78, 5) is 13.1. The van der Waals surface area contributed by atoms with Crippen molar-refractivity contribution in [2.24, 2.45) is 7.05 Å². The molecule has 0 saturated carbocycles. The van der Waals surface area contributed by atoms with Gasteiger partial charge in [-0.05, 0) is 38.0 Å². The molecule has 3 heterocycles. The van der Waals surface area contributed by atoms with Crippen LogP contribution >= 0.6 is 0 Å². The second kappa shape index (κ2) is 8.08. The molecule has 1 aliphatic heterocycles. The molecule has 1 aromatic carbocycles. The highest BCUT2D eigenvalue weighted by Gasteiger charge is 2.35. The number of nitrogens with zero attached hydrogens (tertiary/aromatic N) is 2. The number of nitrogens with one attached hydrogen (secondary N) is 1. The highest BCUT2D eigenvalue weighted by Crippen LogP contribution is 2.31. The number of halogens is 1. The van der Waals surface area contributed by atoms with Gasteiger partial charge in [0.2, 0.25) is 0 Å². The first kappa shape index (κ1) is 20.4. The number of carbonyl (C=O) groups is 1. The Kier molecular flexibility index (Phi) is 5.48. The predicted octanol–water partition coefficient (Wildman–Crippen LogP) is 2.46. The normalized spacial score (nSPS) is 16.0. The van der Waals surface area contributed by atoms with Gasteiger partial charge in [-0.3, -0.25) is 9.48 Å². The molecular formula is C21H24FN3O5. The summed E-state index contributed by atoms with van der Waals surface area (Å²) < 4.78 is 32.0. The molecule has 1 fully saturated rings. The van der Waals surface area contributed by atoms with E-state index in [2.05, 4.69) is 10.4 Å². The molecule has 2 aromatic heterocycles. The van der Waals surface area contributed by atoms with Crippen LogP contribution in [0.5, 0.6) is 5.75 Å². The van der Waals surface area contributed by atoms with Crippen LogP contribution in [0.3, 0.4) is 0 Å². The molecule has 3 aromatic rings. The quantitative estimate of drug-likeness (QED) is 0.639. The van der Waals surface area contributed by atoms with Gasteiger partial charge < -0.3 is 24.3 Å². The van der Waals surface area contributed by atoms with Gasteiger partial charge in [-0.1, -0.05) is 0 Å². The molecular weight excluding hydrogens is 393 g/mol. The molecule has 0 aliphatic carbocycles. The number of fused-ring (bicyclic) bond motifs is 1. The van der Waals surface area contributed by atoms with Gasteiger partial charge in [-0.25, -0.2) is 4.39 Å². The van der Waals surface area contributed by atoms with E-state index in [0.717, 1.165) is 6.20 Å². The molecule has 2 N–H and O–H groups in total. The molecule has 0 unspecified atom stereocenters. The zero-order chi connectivity index (χ0) is 21.3. The fourth-order valence-electron chi connectivity index (χ4n) is 3.71. The van der Waals surface area contributed by atoms with Crippen LogP contribution in [0.1, 0.15) is 34.7 Å². The second-order valence-electron chi connectivity index (χ2n) is 7.55. The number of carbonyl (C=O) groups excluding carboxylic acids is 1. The van der Waals surface area contributed by atoms with Gasteiger partial charge in [0.25, 0.3) is 5.91 Å². The van der Waals surface area contributed by atoms with Crippen LogP contribution in [-0.2, 0) is 18.4 Å². The minimum Gasteiger partial charge on any atom is -0.487 e. The van der Waals surface area contributed by atoms with Crippen LogP contribution in [0.4, 0.5) is 4.39 Å². The molecule has 1 aliphatic rings. The third-order valence-corrected chi connectivity index (χ3v) is 5.58. The molecule has 8 nitrogen and oxygen atoms in total. The molecule has 160 valence electrons. The van der Waals surface area contributed by atoms with E-state index in [0.29, 0.717) is 59.8 Å². The Labute approximate surface area is 172 Å². The second-order valence-corrected chi connectivity index (χ2v) is 7.55. The smallest absolute Gasteiger partial charge is 0.255 e. The average Bonchev–Trinajstić information content (AvgIpc) is 3.24. The lowest BCUT2D eigenvalue weighted by atomic mass is 9.90. The van der Waals surface area contributed by atoms with E-state index < -0.39 is 11.4 Å². The monoisotopic (exact) mass is 417 g/mol. The van der Waals surface area contributed by atoms with Gasteiger partial charge >= 0.3 is 0 Å². The van der Waals surface area contributed by atoms with Crippen molar-refractivity contribution in [3.63, 3.8) is 0 Å². The number of hydrogen-bond acceptors (Lipinski definition) is 6. The Balaban J connectivity index is 1.59. The van der Waals surface area contributed by atoms with Crippen LogP contribution in [0.25, 0.3) is 11.0 Å². The Morgan fingerprint density at radius 1 is 1.40 bits per heavy atom. The van der Waals surface area contributed by atoms with E-state index in [9.17, 15) is 14.3 Å². The number of aliphatic hydroxyl groups excluding tert-OH is 1. The lowest BCUT2D eigenvalue weighted by Crippen LogP contribution is -2.54. The fraction of sp³-hybridized carbons (Fsp3) is 0.429. The summed E-state index contributed by atoms with van der Waals surface area (Å²) in [6.45, 7) is 2.51. The van der Waals surface area contributed by atoms with Crippen LogP contribution in [0.15, 0.2) is 28.8 Å². The number of furan rings is 1. The van der Waals surface area contributed by atoms with Crippen molar-refractivity contribution >= 4 is 16.9 Å². The molecule has 4 rings (SSSR count). The van der Waals surface area contributed by atoms with Crippen molar-refractivity contribution < 1.29 is 28.2 Å². The standard InChI is InChI=1S/C21H24FN3O5/c1-13-19(20(27)24-21(12-26)5-7-28-8-6-21)15-9-14(3-4-18(15)30-13)29-11-17-16(22)10-23-25(17)2/h3-4,9-10,26H,5-8,11-12H2,1-2H3,(H,24,27). The van der Waals surface area contributed by atoms with Gasteiger partial charge in [0, 0.05) is 25.6 Å². The van der Waals surface area contributed by atoms with E-state index in [-0.39, 0.29) is 19.1 Å². The number of benzene rings is 1. The summed E-state index contributed by atoms with van der Waals surface area (Å²) >= 11 is 0. The fourth-order valence-corrected chi connectivity index (χ4v) is 3.71. The van der Waals surface area contributed by atoms with Gasteiger partial charge in [-0.15, -0.1) is 0 Å². The number of aliphatic hydroxyl groups is 1. The highest BCUT2D eigenvalue weighted by molar-refractivity contribution is 6.07. The minimum atomic E-state index is -0.712. The van der Waals surface area contributed by atoms with Crippen molar-refractivity contribution in [2.75, 3.05) is 19.8 Å². The van der Waals surface area contributed by atoms with E-state index >= 15 is 0 Å². The van der Waals surface area contributed by atoms with Crippen molar-refractivity contribution in [1.29, 1.82) is 0 Å². The van der Waals surface area contributed by atoms with Crippen molar-refractivity contribution in [3.05, 3.63) is 47.2 Å². The molecule has 9 heteroatoms. The Hall–Kier alpha value is -2.91. The van der Waals surface area contributed by atoms with Crippen molar-refractivity contribution in [2.45, 2.75) is 31.9 Å². The summed E-state index contributed by atoms with van der Waals surface area (Å²) in [5.74, 6) is 0.180. The Bertz CT molecular complexity index is 1050. The molecule has 0 atom stereocenters. The number of hydrogen-bond donors (Lipinski definition) is 2. The zero-order valence-corrected chi connectivity index (χ0v) is 16.9. The van der Waals surface area contributed by atoms with Gasteiger partial charge in [0.15, 0.2) is 5.82 Å². The molecule has 0 radical (unpaired) electrons. The molecule has 30 heavy (non-hydrogen) atoms. The van der Waals surface area contributed by atoms with E-state index in [1.807, 2.05) is 0 Å². The number of rotatable bonds is 6. The average molecular weight is 417 g/mol. The predicted molar refractivity (Wildman–Crippen MR) is 106 cm³/mol. The van der Waals surface area contributed by atoms with Crippen molar-refractivity contribution in [1.82, 2.24) is 15.1 Å². The van der Waals surface area contributed by atoms with Crippen LogP contribution in [-0.4, -0.2) is 46.2 Å². The first-order chi connectivity index (χ1) is 14.4. The number of aromatic nitrogens is 2. The van der Waals surface area contributed by atoms with Gasteiger partial charge in [-0.2, -0.15) is 5.10 Å². The van der Waals surface area contributed by atoms with E-state index in [4.69, 9.17) is 13.9 Å². The van der Waals surface area contributed by atoms with Gasteiger partial charge in [0.1, 0.15) is 29.4 Å². The lowest BCUT2D eigenvalue weighted by Gasteiger charge is -2.36. The summed E-state index contributed by atoms with van der Waals surface area (Å²) in [5.41, 5.74) is 0.542. The third-order valence-electron chi connectivity index (χ3n) is 5.58. The Morgan fingerprint density at radius 3 is 2.83 bits per heavy atom. The summed E-state index contributed by atoms with van der Waals surface area (Å²) in [6, 6.07) is 5.11. The highest BCUT2D eigenvalue weighted by atomic mass is 19.1. The number of amides is 1. The van der Waals surface area contributed by atoms with Crippen LogP contribution in [0.2, 0.25) is 0 Å². The van der Waals surface area contributed by atoms with Crippen molar-refractivity contribution in [3.8, 4) is 5.75 Å². The maximum absolute atomic E-state index is 13.8. The molecule has 0 spiro atoms. The summed E-state index contributed by atoms with van der Waals surface area (Å²) in [5, 5.41) is 17.3. The number of ether oxygens (including phenoxy) is 2. The molecule has 0 bridgehead atoms. The first-order valence-corrected chi connectivity index (χ1v) is 9.76. The van der Waals surface area contributed by atoms with Crippen LogP contribution < -0.4 is 10.1 Å². The van der Waals surface area contributed by atoms with E-state index in [1.165, 1.54) is 4.68 Å². The SMILES string of the molecule is Cc1oc2ccc(OCc3c(F)cnn3C)cc2c1C(=O)NC1(CO)CCOCC1. The maximum Gasteiger partial charge on any atom is 0.255 e. The largest absolute Gasteiger partial charge is 0.487 e. The van der Waals surface area contributed by atoms with Gasteiger partial charge in [0.05, 0.1) is 23.9 Å². The first-order valence-electron chi connectivity index (χ1n) is 9.76. The third kappa shape index (κ3) is 3.78.